The Balaban J connectivity index is 2.37. The van der Waals surface area contributed by atoms with Gasteiger partial charge < -0.3 is 9.84 Å². The average Bonchev–Trinajstić information content (AvgIpc) is 2.49. The summed E-state index contributed by atoms with van der Waals surface area (Å²) >= 11 is 0. The molecular weight excluding hydrogens is 172 g/mol. The molecule has 13 heavy (non-hydrogen) atoms. The van der Waals surface area contributed by atoms with E-state index in [9.17, 15) is 9.59 Å². The molecule has 1 aliphatic carbocycles. The van der Waals surface area contributed by atoms with Crippen LogP contribution in [-0.2, 0) is 14.3 Å². The fourth-order valence-corrected chi connectivity index (χ4v) is 1.18. The number of aliphatic hydroxyl groups excluding tert-OH is 1. The summed E-state index contributed by atoms with van der Waals surface area (Å²) in [6, 6.07) is 0. The molecule has 0 amide bonds. The van der Waals surface area contributed by atoms with Crippen LogP contribution in [0.3, 0.4) is 0 Å². The second-order valence-corrected chi connectivity index (χ2v) is 3.07. The minimum atomic E-state index is -0.609. The van der Waals surface area contributed by atoms with E-state index in [2.05, 4.69) is 6.58 Å². The van der Waals surface area contributed by atoms with Crippen LogP contribution in [0.25, 0.3) is 0 Å². The van der Waals surface area contributed by atoms with Gasteiger partial charge in [-0.15, -0.1) is 0 Å². The van der Waals surface area contributed by atoms with E-state index in [1.54, 1.807) is 0 Å². The molecule has 72 valence electrons. The molecule has 0 aromatic carbocycles. The Hall–Kier alpha value is -1.16. The summed E-state index contributed by atoms with van der Waals surface area (Å²) in [6.45, 7) is 2.92. The number of carbonyl (C=O) groups is 2. The average molecular weight is 184 g/mol. The van der Waals surface area contributed by atoms with E-state index in [1.807, 2.05) is 0 Å². The van der Waals surface area contributed by atoms with Crippen molar-refractivity contribution < 1.29 is 19.4 Å². The molecule has 0 radical (unpaired) electrons. The Morgan fingerprint density at radius 1 is 1.69 bits per heavy atom. The van der Waals surface area contributed by atoms with Crippen molar-refractivity contribution >= 4 is 11.8 Å². The molecule has 4 nitrogen and oxygen atoms in total. The van der Waals surface area contributed by atoms with Gasteiger partial charge in [0.2, 0.25) is 0 Å². The Labute approximate surface area is 76.2 Å². The number of aliphatic hydroxyl groups is 1. The number of hydrogen-bond donors (Lipinski definition) is 1. The molecule has 0 aromatic heterocycles. The van der Waals surface area contributed by atoms with Gasteiger partial charge in [0.15, 0.2) is 0 Å². The van der Waals surface area contributed by atoms with Gasteiger partial charge in [0, 0.05) is 12.8 Å². The molecule has 1 aliphatic rings. The molecule has 1 N–H and O–H groups in total. The maximum absolute atomic E-state index is 11.0. The van der Waals surface area contributed by atoms with Crippen molar-refractivity contribution in [1.82, 2.24) is 0 Å². The van der Waals surface area contributed by atoms with E-state index in [1.165, 1.54) is 0 Å². The predicted molar refractivity (Wildman–Crippen MR) is 45.0 cm³/mol. The van der Waals surface area contributed by atoms with E-state index in [0.29, 0.717) is 19.3 Å². The number of hydrogen-bond acceptors (Lipinski definition) is 4. The van der Waals surface area contributed by atoms with Crippen LogP contribution in [0.1, 0.15) is 19.3 Å². The number of carbonyl (C=O) groups excluding carboxylic acids is 2. The summed E-state index contributed by atoms with van der Waals surface area (Å²) < 4.78 is 4.92. The third-order valence-electron chi connectivity index (χ3n) is 1.95. The van der Waals surface area contributed by atoms with Crippen LogP contribution < -0.4 is 0 Å². The third-order valence-corrected chi connectivity index (χ3v) is 1.95. The number of rotatable bonds is 3. The van der Waals surface area contributed by atoms with Crippen molar-refractivity contribution in [2.24, 2.45) is 0 Å². The van der Waals surface area contributed by atoms with Crippen LogP contribution >= 0.6 is 0 Å². The number of ether oxygens (including phenoxy) is 1. The Bertz CT molecular complexity index is 244. The molecule has 1 atom stereocenters. The maximum Gasteiger partial charge on any atom is 0.336 e. The molecule has 1 rings (SSSR count). The van der Waals surface area contributed by atoms with E-state index >= 15 is 0 Å². The normalized spacial score (nSPS) is 21.6. The first-order valence-electron chi connectivity index (χ1n) is 4.15. The summed E-state index contributed by atoms with van der Waals surface area (Å²) in [6.07, 6.45) is 1.04. The molecule has 1 fully saturated rings. The SMILES string of the molecule is C=C(CO)C(=O)OC1CCC(=O)C1. The highest BCUT2D eigenvalue weighted by atomic mass is 16.5. The minimum absolute atomic E-state index is 0.0272. The highest BCUT2D eigenvalue weighted by molar-refractivity contribution is 5.89. The second-order valence-electron chi connectivity index (χ2n) is 3.07. The molecule has 0 saturated heterocycles. The van der Waals surface area contributed by atoms with Crippen LogP contribution in [-0.4, -0.2) is 29.6 Å². The quantitative estimate of drug-likeness (QED) is 0.502. The smallest absolute Gasteiger partial charge is 0.336 e. The molecule has 0 spiro atoms. The largest absolute Gasteiger partial charge is 0.458 e. The zero-order chi connectivity index (χ0) is 9.84. The summed E-state index contributed by atoms with van der Waals surface area (Å²) in [5.74, 6) is -0.491. The molecule has 4 heteroatoms. The molecule has 0 bridgehead atoms. The highest BCUT2D eigenvalue weighted by Gasteiger charge is 2.25. The fraction of sp³-hybridized carbons (Fsp3) is 0.556. The monoisotopic (exact) mass is 184 g/mol. The first-order chi connectivity index (χ1) is 6.13. The number of ketones is 1. The van der Waals surface area contributed by atoms with E-state index in [-0.39, 0.29) is 17.5 Å². The van der Waals surface area contributed by atoms with Gasteiger partial charge in [-0.25, -0.2) is 4.79 Å². The summed E-state index contributed by atoms with van der Waals surface area (Å²) in [4.78, 5) is 21.9. The van der Waals surface area contributed by atoms with Crippen molar-refractivity contribution in [3.8, 4) is 0 Å². The molecule has 0 aliphatic heterocycles. The summed E-state index contributed by atoms with van der Waals surface area (Å²) in [5.41, 5.74) is 0.0272. The third kappa shape index (κ3) is 2.66. The van der Waals surface area contributed by atoms with E-state index in [4.69, 9.17) is 9.84 Å². The number of Topliss-reactive ketones (excluding diaryl/α,β-unsaturated/α-hetero) is 1. The van der Waals surface area contributed by atoms with Gasteiger partial charge in [-0.3, -0.25) is 4.79 Å². The lowest BCUT2D eigenvalue weighted by Crippen LogP contribution is -2.17. The van der Waals surface area contributed by atoms with Crippen LogP contribution in [0.2, 0.25) is 0 Å². The van der Waals surface area contributed by atoms with Crippen LogP contribution in [0.4, 0.5) is 0 Å². The number of esters is 1. The van der Waals surface area contributed by atoms with Crippen molar-refractivity contribution in [3.63, 3.8) is 0 Å². The van der Waals surface area contributed by atoms with Crippen molar-refractivity contribution in [1.29, 1.82) is 0 Å². The van der Waals surface area contributed by atoms with Crippen molar-refractivity contribution in [3.05, 3.63) is 12.2 Å². The van der Waals surface area contributed by atoms with E-state index < -0.39 is 12.6 Å². The van der Waals surface area contributed by atoms with Crippen LogP contribution in [0.5, 0.6) is 0 Å². The van der Waals surface area contributed by atoms with Crippen LogP contribution in [0.15, 0.2) is 12.2 Å². The van der Waals surface area contributed by atoms with Gasteiger partial charge in [-0.1, -0.05) is 6.58 Å². The Kier molecular flexibility index (Phi) is 3.19. The lowest BCUT2D eigenvalue weighted by molar-refractivity contribution is -0.144. The van der Waals surface area contributed by atoms with Gasteiger partial charge in [0.1, 0.15) is 11.9 Å². The molecule has 0 aromatic rings. The Morgan fingerprint density at radius 2 is 2.38 bits per heavy atom. The van der Waals surface area contributed by atoms with Crippen molar-refractivity contribution in [2.75, 3.05) is 6.61 Å². The zero-order valence-corrected chi connectivity index (χ0v) is 7.28. The molecular formula is C9H12O4. The summed E-state index contributed by atoms with van der Waals surface area (Å²) in [7, 11) is 0. The zero-order valence-electron chi connectivity index (χ0n) is 7.28. The van der Waals surface area contributed by atoms with Gasteiger partial charge in [0.05, 0.1) is 12.2 Å². The lowest BCUT2D eigenvalue weighted by atomic mass is 10.3. The van der Waals surface area contributed by atoms with Gasteiger partial charge in [0.25, 0.3) is 0 Å². The summed E-state index contributed by atoms with van der Waals surface area (Å²) in [5, 5.41) is 8.56. The second kappa shape index (κ2) is 4.18. The minimum Gasteiger partial charge on any atom is -0.458 e. The van der Waals surface area contributed by atoms with Gasteiger partial charge in [-0.2, -0.15) is 0 Å². The molecule has 1 saturated carbocycles. The Morgan fingerprint density at radius 3 is 2.85 bits per heavy atom. The molecule has 1 unspecified atom stereocenters. The fourth-order valence-electron chi connectivity index (χ4n) is 1.18. The predicted octanol–water partition coefficient (Wildman–Crippen LogP) is 0.200. The van der Waals surface area contributed by atoms with E-state index in [0.717, 1.165) is 0 Å². The van der Waals surface area contributed by atoms with Gasteiger partial charge in [-0.05, 0) is 6.42 Å². The first-order valence-corrected chi connectivity index (χ1v) is 4.15. The van der Waals surface area contributed by atoms with Crippen molar-refractivity contribution in [2.45, 2.75) is 25.4 Å². The van der Waals surface area contributed by atoms with Gasteiger partial charge >= 0.3 is 5.97 Å². The highest BCUT2D eigenvalue weighted by Crippen LogP contribution is 2.18. The standard InChI is InChI=1S/C9H12O4/c1-6(5-10)9(12)13-8-3-2-7(11)4-8/h8,10H,1-5H2. The first kappa shape index (κ1) is 9.92. The van der Waals surface area contributed by atoms with Crippen LogP contribution in [0, 0.1) is 0 Å². The topological polar surface area (TPSA) is 63.6 Å². The lowest BCUT2D eigenvalue weighted by Gasteiger charge is -2.10. The molecule has 0 heterocycles. The maximum atomic E-state index is 11.0.